The molecule has 22 heavy (non-hydrogen) atoms. The van der Waals surface area contributed by atoms with Gasteiger partial charge in [0.05, 0.1) is 11.8 Å². The van der Waals surface area contributed by atoms with Gasteiger partial charge in [0.15, 0.2) is 6.61 Å². The number of hydrogen-bond donors (Lipinski definition) is 1. The number of benzene rings is 1. The molecule has 1 aromatic carbocycles. The summed E-state index contributed by atoms with van der Waals surface area (Å²) < 4.78 is 5.45. The van der Waals surface area contributed by atoms with Gasteiger partial charge in [0, 0.05) is 13.1 Å². The van der Waals surface area contributed by atoms with Gasteiger partial charge in [0.25, 0.3) is 5.91 Å². The Morgan fingerprint density at radius 2 is 2.05 bits per heavy atom. The first-order chi connectivity index (χ1) is 10.6. The van der Waals surface area contributed by atoms with E-state index in [-0.39, 0.29) is 12.5 Å². The molecule has 1 aromatic rings. The molecule has 1 aliphatic heterocycles. The van der Waals surface area contributed by atoms with Crippen molar-refractivity contribution in [2.75, 3.05) is 37.7 Å². The van der Waals surface area contributed by atoms with Gasteiger partial charge in [0.2, 0.25) is 0 Å². The number of carbonyl (C=O) groups is 1. The SMILES string of the molecule is CCN(CC)CCC(O)c1ccc2c(c1)N(CC)C(=O)CO2. The van der Waals surface area contributed by atoms with Crippen molar-refractivity contribution in [2.24, 2.45) is 0 Å². The van der Waals surface area contributed by atoms with E-state index in [9.17, 15) is 9.90 Å². The van der Waals surface area contributed by atoms with Crippen LogP contribution in [0.5, 0.6) is 5.75 Å². The molecule has 0 spiro atoms. The van der Waals surface area contributed by atoms with Gasteiger partial charge in [-0.3, -0.25) is 4.79 Å². The van der Waals surface area contributed by atoms with Crippen molar-refractivity contribution in [1.29, 1.82) is 0 Å². The van der Waals surface area contributed by atoms with Crippen molar-refractivity contribution in [3.8, 4) is 5.75 Å². The second-order valence-corrected chi connectivity index (χ2v) is 5.49. The molecule has 1 heterocycles. The number of aliphatic hydroxyl groups is 1. The second kappa shape index (κ2) is 7.61. The molecule has 5 nitrogen and oxygen atoms in total. The van der Waals surface area contributed by atoms with Gasteiger partial charge < -0.3 is 19.6 Å². The molecule has 2 rings (SSSR count). The predicted octanol–water partition coefficient (Wildman–Crippen LogP) is 2.20. The van der Waals surface area contributed by atoms with Crippen LogP contribution >= 0.6 is 0 Å². The maximum atomic E-state index is 11.9. The average Bonchev–Trinajstić information content (AvgIpc) is 2.55. The van der Waals surface area contributed by atoms with Crippen LogP contribution in [0.3, 0.4) is 0 Å². The van der Waals surface area contributed by atoms with E-state index in [4.69, 9.17) is 4.74 Å². The van der Waals surface area contributed by atoms with Crippen LogP contribution in [0.1, 0.15) is 38.9 Å². The number of rotatable bonds is 7. The molecule has 1 amide bonds. The summed E-state index contributed by atoms with van der Waals surface area (Å²) in [5.41, 5.74) is 1.60. The van der Waals surface area contributed by atoms with E-state index in [0.717, 1.165) is 30.9 Å². The van der Waals surface area contributed by atoms with Crippen LogP contribution in [-0.4, -0.2) is 48.7 Å². The molecule has 1 N–H and O–H groups in total. The Kier molecular flexibility index (Phi) is 5.80. The smallest absolute Gasteiger partial charge is 0.265 e. The predicted molar refractivity (Wildman–Crippen MR) is 87.3 cm³/mol. The van der Waals surface area contributed by atoms with E-state index in [1.54, 1.807) is 4.90 Å². The van der Waals surface area contributed by atoms with Crippen LogP contribution in [0, 0.1) is 0 Å². The van der Waals surface area contributed by atoms with Crippen molar-refractivity contribution in [3.63, 3.8) is 0 Å². The summed E-state index contributed by atoms with van der Waals surface area (Å²) in [5.74, 6) is 0.672. The highest BCUT2D eigenvalue weighted by Gasteiger charge is 2.25. The van der Waals surface area contributed by atoms with E-state index < -0.39 is 6.10 Å². The van der Waals surface area contributed by atoms with Gasteiger partial charge in [-0.25, -0.2) is 0 Å². The zero-order valence-electron chi connectivity index (χ0n) is 13.7. The van der Waals surface area contributed by atoms with E-state index in [2.05, 4.69) is 18.7 Å². The van der Waals surface area contributed by atoms with Crippen LogP contribution in [-0.2, 0) is 4.79 Å². The lowest BCUT2D eigenvalue weighted by atomic mass is 10.0. The number of fused-ring (bicyclic) bond motifs is 1. The van der Waals surface area contributed by atoms with E-state index in [0.29, 0.717) is 18.7 Å². The topological polar surface area (TPSA) is 53.0 Å². The van der Waals surface area contributed by atoms with Crippen molar-refractivity contribution >= 4 is 11.6 Å². The van der Waals surface area contributed by atoms with Crippen LogP contribution in [0.4, 0.5) is 5.69 Å². The Balaban J connectivity index is 2.12. The van der Waals surface area contributed by atoms with Gasteiger partial charge in [-0.15, -0.1) is 0 Å². The molecule has 0 saturated heterocycles. The minimum absolute atomic E-state index is 0.0372. The molecule has 122 valence electrons. The standard InChI is InChI=1S/C17H26N2O3/c1-4-18(5-2)10-9-15(20)13-7-8-16-14(11-13)19(6-3)17(21)12-22-16/h7-8,11,15,20H,4-6,9-10,12H2,1-3H3. The molecule has 5 heteroatoms. The Morgan fingerprint density at radius 3 is 2.68 bits per heavy atom. The fraction of sp³-hybridized carbons (Fsp3) is 0.588. The summed E-state index contributed by atoms with van der Waals surface area (Å²) in [6, 6.07) is 5.61. The first-order valence-electron chi connectivity index (χ1n) is 8.08. The fourth-order valence-electron chi connectivity index (χ4n) is 2.78. The largest absolute Gasteiger partial charge is 0.482 e. The first-order valence-corrected chi connectivity index (χ1v) is 8.08. The van der Waals surface area contributed by atoms with Crippen molar-refractivity contribution in [3.05, 3.63) is 23.8 Å². The van der Waals surface area contributed by atoms with Crippen LogP contribution in [0.2, 0.25) is 0 Å². The minimum atomic E-state index is -0.526. The molecule has 1 unspecified atom stereocenters. The molecule has 0 bridgehead atoms. The minimum Gasteiger partial charge on any atom is -0.482 e. The molecule has 1 atom stereocenters. The Morgan fingerprint density at radius 1 is 1.32 bits per heavy atom. The lowest BCUT2D eigenvalue weighted by Crippen LogP contribution is -2.38. The lowest BCUT2D eigenvalue weighted by molar-refractivity contribution is -0.121. The van der Waals surface area contributed by atoms with E-state index in [1.165, 1.54) is 0 Å². The zero-order valence-corrected chi connectivity index (χ0v) is 13.7. The van der Waals surface area contributed by atoms with E-state index in [1.807, 2.05) is 25.1 Å². The molecule has 0 fully saturated rings. The first kappa shape index (κ1) is 16.8. The summed E-state index contributed by atoms with van der Waals surface area (Å²) in [6.45, 7) is 9.71. The van der Waals surface area contributed by atoms with Crippen molar-refractivity contribution in [1.82, 2.24) is 4.90 Å². The third-order valence-corrected chi connectivity index (χ3v) is 4.24. The molecule has 0 aromatic heterocycles. The molecular formula is C17H26N2O3. The Labute approximate surface area is 132 Å². The molecule has 0 aliphatic carbocycles. The molecule has 0 saturated carbocycles. The van der Waals surface area contributed by atoms with Crippen molar-refractivity contribution < 1.29 is 14.6 Å². The normalized spacial score (nSPS) is 15.7. The van der Waals surface area contributed by atoms with Gasteiger partial charge in [-0.1, -0.05) is 19.9 Å². The van der Waals surface area contributed by atoms with Gasteiger partial charge in [-0.2, -0.15) is 0 Å². The highest BCUT2D eigenvalue weighted by molar-refractivity contribution is 5.97. The second-order valence-electron chi connectivity index (χ2n) is 5.49. The van der Waals surface area contributed by atoms with E-state index >= 15 is 0 Å². The highest BCUT2D eigenvalue weighted by Crippen LogP contribution is 2.34. The monoisotopic (exact) mass is 306 g/mol. The maximum Gasteiger partial charge on any atom is 0.265 e. The summed E-state index contributed by atoms with van der Waals surface area (Å²) >= 11 is 0. The van der Waals surface area contributed by atoms with Gasteiger partial charge >= 0.3 is 0 Å². The van der Waals surface area contributed by atoms with Crippen LogP contribution < -0.4 is 9.64 Å². The fourth-order valence-corrected chi connectivity index (χ4v) is 2.78. The summed E-state index contributed by atoms with van der Waals surface area (Å²) in [6.07, 6.45) is 0.156. The number of ether oxygens (including phenoxy) is 1. The quantitative estimate of drug-likeness (QED) is 0.839. The lowest BCUT2D eigenvalue weighted by Gasteiger charge is -2.29. The van der Waals surface area contributed by atoms with Gasteiger partial charge in [0.1, 0.15) is 5.75 Å². The number of amides is 1. The number of likely N-dealkylation sites (N-methyl/N-ethyl adjacent to an activating group) is 1. The number of hydrogen-bond acceptors (Lipinski definition) is 4. The molecular weight excluding hydrogens is 280 g/mol. The van der Waals surface area contributed by atoms with Crippen LogP contribution in [0.15, 0.2) is 18.2 Å². The average molecular weight is 306 g/mol. The maximum absolute atomic E-state index is 11.9. The zero-order chi connectivity index (χ0) is 16.1. The third-order valence-electron chi connectivity index (χ3n) is 4.24. The highest BCUT2D eigenvalue weighted by atomic mass is 16.5. The number of carbonyl (C=O) groups excluding carboxylic acids is 1. The Bertz CT molecular complexity index is 515. The summed E-state index contributed by atoms with van der Waals surface area (Å²) in [4.78, 5) is 15.9. The van der Waals surface area contributed by atoms with Gasteiger partial charge in [-0.05, 0) is 44.1 Å². The molecule has 0 radical (unpaired) electrons. The van der Waals surface area contributed by atoms with Crippen molar-refractivity contribution in [2.45, 2.75) is 33.3 Å². The number of aliphatic hydroxyl groups excluding tert-OH is 1. The summed E-state index contributed by atoms with van der Waals surface area (Å²) in [5, 5.41) is 10.4. The van der Waals surface area contributed by atoms with Crippen LogP contribution in [0.25, 0.3) is 0 Å². The Hall–Kier alpha value is -1.59. The molecule has 1 aliphatic rings. The number of anilines is 1. The number of nitrogens with zero attached hydrogens (tertiary/aromatic N) is 2. The summed E-state index contributed by atoms with van der Waals surface area (Å²) in [7, 11) is 0. The third kappa shape index (κ3) is 3.59.